The summed E-state index contributed by atoms with van der Waals surface area (Å²) in [6, 6.07) is 0. The van der Waals surface area contributed by atoms with Gasteiger partial charge in [-0.15, -0.1) is 10.2 Å². The van der Waals surface area contributed by atoms with Crippen molar-refractivity contribution in [3.05, 3.63) is 5.01 Å². The first-order chi connectivity index (χ1) is 6.09. The average Bonchev–Trinajstić information content (AvgIpc) is 2.47. The van der Waals surface area contributed by atoms with E-state index in [9.17, 15) is 0 Å². The third-order valence-corrected chi connectivity index (χ3v) is 3.12. The topological polar surface area (TPSA) is 29.0 Å². The molecular weight excluding hydrogens is 250 g/mol. The fourth-order valence-corrected chi connectivity index (χ4v) is 1.79. The zero-order valence-corrected chi connectivity index (χ0v) is 10.5. The van der Waals surface area contributed by atoms with E-state index < -0.39 is 0 Å². The molecule has 0 amide bonds. The van der Waals surface area contributed by atoms with Gasteiger partial charge in [-0.2, -0.15) is 0 Å². The number of rotatable bonds is 4. The summed E-state index contributed by atoms with van der Waals surface area (Å²) in [5.41, 5.74) is 0. The summed E-state index contributed by atoms with van der Waals surface area (Å²) in [5.74, 6) is 0. The van der Waals surface area contributed by atoms with Crippen molar-refractivity contribution >= 4 is 32.4 Å². The summed E-state index contributed by atoms with van der Waals surface area (Å²) in [6.07, 6.45) is 1.12. The van der Waals surface area contributed by atoms with E-state index in [-0.39, 0.29) is 0 Å². The molecule has 0 spiro atoms. The van der Waals surface area contributed by atoms with Crippen LogP contribution in [0.15, 0.2) is 0 Å². The standard InChI is InChI=1S/C8H14BrN3S/c1-6(9)4-5-12(3)8-11-10-7(2)13-8/h6H,4-5H2,1-3H3. The van der Waals surface area contributed by atoms with Crippen LogP contribution in [0.5, 0.6) is 0 Å². The van der Waals surface area contributed by atoms with Gasteiger partial charge in [0.05, 0.1) is 0 Å². The molecule has 1 heterocycles. The second-order valence-corrected chi connectivity index (χ2v) is 5.82. The first-order valence-electron chi connectivity index (χ1n) is 4.25. The van der Waals surface area contributed by atoms with E-state index in [2.05, 4.69) is 45.0 Å². The lowest BCUT2D eigenvalue weighted by Crippen LogP contribution is -2.20. The maximum Gasteiger partial charge on any atom is 0.208 e. The number of hydrogen-bond donors (Lipinski definition) is 0. The summed E-state index contributed by atoms with van der Waals surface area (Å²) in [5, 5.41) is 10.1. The summed E-state index contributed by atoms with van der Waals surface area (Å²) in [4.78, 5) is 2.70. The van der Waals surface area contributed by atoms with E-state index in [0.29, 0.717) is 4.83 Å². The quantitative estimate of drug-likeness (QED) is 0.782. The Labute approximate surface area is 91.3 Å². The second kappa shape index (κ2) is 4.91. The summed E-state index contributed by atoms with van der Waals surface area (Å²) < 4.78 is 0. The van der Waals surface area contributed by atoms with Gasteiger partial charge in [-0.3, -0.25) is 0 Å². The Kier molecular flexibility index (Phi) is 4.12. The number of alkyl halides is 1. The lowest BCUT2D eigenvalue weighted by molar-refractivity contribution is 0.779. The monoisotopic (exact) mass is 263 g/mol. The van der Waals surface area contributed by atoms with E-state index in [0.717, 1.165) is 23.1 Å². The number of anilines is 1. The molecule has 1 aromatic heterocycles. The minimum atomic E-state index is 0.559. The lowest BCUT2D eigenvalue weighted by Gasteiger charge is -2.15. The molecule has 0 bridgehead atoms. The van der Waals surface area contributed by atoms with Gasteiger partial charge in [-0.25, -0.2) is 0 Å². The molecule has 0 radical (unpaired) electrons. The lowest BCUT2D eigenvalue weighted by atomic mass is 10.3. The highest BCUT2D eigenvalue weighted by Crippen LogP contribution is 2.18. The van der Waals surface area contributed by atoms with Gasteiger partial charge in [0.1, 0.15) is 5.01 Å². The molecule has 0 fully saturated rings. The maximum absolute atomic E-state index is 4.07. The molecule has 0 N–H and O–H groups in total. The summed E-state index contributed by atoms with van der Waals surface area (Å²) in [6.45, 7) is 5.14. The van der Waals surface area contributed by atoms with E-state index in [1.54, 1.807) is 11.3 Å². The number of hydrogen-bond acceptors (Lipinski definition) is 4. The number of aryl methyl sites for hydroxylation is 1. The van der Waals surface area contributed by atoms with Crippen LogP contribution in [0.25, 0.3) is 0 Å². The van der Waals surface area contributed by atoms with Crippen molar-refractivity contribution in [1.82, 2.24) is 10.2 Å². The molecule has 3 nitrogen and oxygen atoms in total. The molecule has 0 aromatic carbocycles. The third kappa shape index (κ3) is 3.60. The molecular formula is C8H14BrN3S. The second-order valence-electron chi connectivity index (χ2n) is 3.09. The van der Waals surface area contributed by atoms with E-state index >= 15 is 0 Å². The minimum Gasteiger partial charge on any atom is -0.350 e. The largest absolute Gasteiger partial charge is 0.350 e. The zero-order valence-electron chi connectivity index (χ0n) is 8.12. The molecule has 5 heteroatoms. The average molecular weight is 264 g/mol. The van der Waals surface area contributed by atoms with Gasteiger partial charge in [-0.1, -0.05) is 34.2 Å². The Morgan fingerprint density at radius 2 is 2.23 bits per heavy atom. The smallest absolute Gasteiger partial charge is 0.208 e. The SMILES string of the molecule is Cc1nnc(N(C)CCC(C)Br)s1. The third-order valence-electron chi connectivity index (χ3n) is 1.70. The molecule has 0 aliphatic heterocycles. The van der Waals surface area contributed by atoms with Crippen LogP contribution >= 0.6 is 27.3 Å². The van der Waals surface area contributed by atoms with Crippen molar-refractivity contribution in [2.45, 2.75) is 25.1 Å². The highest BCUT2D eigenvalue weighted by atomic mass is 79.9. The first-order valence-corrected chi connectivity index (χ1v) is 5.98. The molecule has 0 saturated heterocycles. The number of nitrogens with zero attached hydrogens (tertiary/aromatic N) is 3. The zero-order chi connectivity index (χ0) is 9.84. The summed E-state index contributed by atoms with van der Waals surface area (Å²) in [7, 11) is 2.05. The highest BCUT2D eigenvalue weighted by molar-refractivity contribution is 9.09. The molecule has 0 saturated carbocycles. The molecule has 0 aliphatic carbocycles. The normalized spacial score (nSPS) is 12.9. The van der Waals surface area contributed by atoms with E-state index in [1.807, 2.05) is 6.92 Å². The van der Waals surface area contributed by atoms with Gasteiger partial charge >= 0.3 is 0 Å². The Hall–Kier alpha value is -0.160. The summed E-state index contributed by atoms with van der Waals surface area (Å²) >= 11 is 5.16. The Morgan fingerprint density at radius 3 is 2.69 bits per heavy atom. The predicted octanol–water partition coefficient (Wildman–Crippen LogP) is 2.46. The fraction of sp³-hybridized carbons (Fsp3) is 0.750. The number of halogens is 1. The van der Waals surface area contributed by atoms with Crippen molar-refractivity contribution in [3.8, 4) is 0 Å². The van der Waals surface area contributed by atoms with Crippen molar-refractivity contribution < 1.29 is 0 Å². The molecule has 1 aromatic rings. The van der Waals surface area contributed by atoms with Crippen molar-refractivity contribution in [2.24, 2.45) is 0 Å². The van der Waals surface area contributed by atoms with Crippen LogP contribution in [0.3, 0.4) is 0 Å². The van der Waals surface area contributed by atoms with Gasteiger partial charge < -0.3 is 4.90 Å². The van der Waals surface area contributed by atoms with Gasteiger partial charge in [-0.05, 0) is 13.3 Å². The molecule has 13 heavy (non-hydrogen) atoms. The minimum absolute atomic E-state index is 0.559. The van der Waals surface area contributed by atoms with Crippen LogP contribution in [0, 0.1) is 6.92 Å². The van der Waals surface area contributed by atoms with Crippen LogP contribution in [-0.4, -0.2) is 28.6 Å². The van der Waals surface area contributed by atoms with E-state index in [1.165, 1.54) is 0 Å². The maximum atomic E-state index is 4.07. The first kappa shape index (κ1) is 10.9. The van der Waals surface area contributed by atoms with Crippen LogP contribution in [0.2, 0.25) is 0 Å². The van der Waals surface area contributed by atoms with Gasteiger partial charge in [0.15, 0.2) is 0 Å². The Morgan fingerprint density at radius 1 is 1.54 bits per heavy atom. The Balaban J connectivity index is 2.44. The van der Waals surface area contributed by atoms with Crippen molar-refractivity contribution in [2.75, 3.05) is 18.5 Å². The molecule has 1 atom stereocenters. The van der Waals surface area contributed by atoms with Crippen LogP contribution in [0.4, 0.5) is 5.13 Å². The van der Waals surface area contributed by atoms with Crippen molar-refractivity contribution in [1.29, 1.82) is 0 Å². The van der Waals surface area contributed by atoms with E-state index in [4.69, 9.17) is 0 Å². The predicted molar refractivity (Wildman–Crippen MR) is 60.9 cm³/mol. The van der Waals surface area contributed by atoms with Gasteiger partial charge in [0.2, 0.25) is 5.13 Å². The molecule has 74 valence electrons. The number of aromatic nitrogens is 2. The van der Waals surface area contributed by atoms with Gasteiger partial charge in [0.25, 0.3) is 0 Å². The van der Waals surface area contributed by atoms with Crippen LogP contribution < -0.4 is 4.90 Å². The van der Waals surface area contributed by atoms with Crippen LogP contribution in [-0.2, 0) is 0 Å². The van der Waals surface area contributed by atoms with Crippen LogP contribution in [0.1, 0.15) is 18.4 Å². The fourth-order valence-electron chi connectivity index (χ4n) is 0.908. The van der Waals surface area contributed by atoms with Gasteiger partial charge in [0, 0.05) is 18.4 Å². The Bertz CT molecular complexity index is 262. The molecule has 1 rings (SSSR count). The molecule has 1 unspecified atom stereocenters. The highest BCUT2D eigenvalue weighted by Gasteiger charge is 2.06. The molecule has 0 aliphatic rings. The van der Waals surface area contributed by atoms with Crippen molar-refractivity contribution in [3.63, 3.8) is 0 Å².